The van der Waals surface area contributed by atoms with Gasteiger partial charge in [0, 0.05) is 11.6 Å². The zero-order valence-corrected chi connectivity index (χ0v) is 8.79. The van der Waals surface area contributed by atoms with Gasteiger partial charge in [-0.2, -0.15) is 13.2 Å². The van der Waals surface area contributed by atoms with Crippen LogP contribution in [0.1, 0.15) is 28.4 Å². The molecule has 0 heterocycles. The lowest BCUT2D eigenvalue weighted by atomic mass is 10.0. The summed E-state index contributed by atoms with van der Waals surface area (Å²) in [7, 11) is 0. The van der Waals surface area contributed by atoms with Crippen LogP contribution in [0, 0.1) is 0 Å². The van der Waals surface area contributed by atoms with Crippen molar-refractivity contribution in [1.82, 2.24) is 5.43 Å². The molecule has 1 atom stereocenters. The molecule has 1 unspecified atom stereocenters. The van der Waals surface area contributed by atoms with Crippen molar-refractivity contribution in [1.29, 1.82) is 0 Å². The van der Waals surface area contributed by atoms with E-state index in [0.717, 1.165) is 0 Å². The third-order valence-electron chi connectivity index (χ3n) is 2.18. The molecule has 0 bridgehead atoms. The van der Waals surface area contributed by atoms with Crippen LogP contribution in [0.15, 0.2) is 24.3 Å². The number of nitrogen functional groups attached to an aromatic ring is 1. The van der Waals surface area contributed by atoms with Crippen LogP contribution in [0.4, 0.5) is 13.2 Å². The van der Waals surface area contributed by atoms with E-state index in [1.165, 1.54) is 24.3 Å². The number of hydrogen-bond donors (Lipinski definition) is 3. The van der Waals surface area contributed by atoms with Crippen molar-refractivity contribution in [2.75, 3.05) is 0 Å². The summed E-state index contributed by atoms with van der Waals surface area (Å²) in [4.78, 5) is 11.1. The van der Waals surface area contributed by atoms with Gasteiger partial charge in [0.1, 0.15) is 0 Å². The van der Waals surface area contributed by atoms with Crippen LogP contribution in [-0.4, -0.2) is 12.1 Å². The van der Waals surface area contributed by atoms with E-state index >= 15 is 0 Å². The third kappa shape index (κ3) is 4.04. The summed E-state index contributed by atoms with van der Waals surface area (Å²) in [6.45, 7) is 0. The molecule has 0 fully saturated rings. The molecule has 0 saturated heterocycles. The van der Waals surface area contributed by atoms with Gasteiger partial charge in [0.25, 0.3) is 5.91 Å². The average Bonchev–Trinajstić information content (AvgIpc) is 2.26. The Balaban J connectivity index is 2.77. The minimum atomic E-state index is -4.31. The Hall–Kier alpha value is -1.60. The maximum absolute atomic E-state index is 12.1. The van der Waals surface area contributed by atoms with Crippen LogP contribution in [0.25, 0.3) is 0 Å². The molecule has 0 saturated carbocycles. The van der Waals surface area contributed by atoms with Gasteiger partial charge in [-0.15, -0.1) is 0 Å². The molecule has 0 radical (unpaired) electrons. The highest BCUT2D eigenvalue weighted by atomic mass is 19.4. The van der Waals surface area contributed by atoms with Gasteiger partial charge in [0.15, 0.2) is 0 Å². The molecule has 0 spiro atoms. The summed E-state index contributed by atoms with van der Waals surface area (Å²) < 4.78 is 36.3. The van der Waals surface area contributed by atoms with Crippen LogP contribution < -0.4 is 17.0 Å². The zero-order valence-electron chi connectivity index (χ0n) is 8.79. The molecule has 17 heavy (non-hydrogen) atoms. The molecule has 0 aliphatic heterocycles. The van der Waals surface area contributed by atoms with Gasteiger partial charge in [-0.1, -0.05) is 12.1 Å². The fourth-order valence-electron chi connectivity index (χ4n) is 1.33. The van der Waals surface area contributed by atoms with E-state index in [9.17, 15) is 18.0 Å². The van der Waals surface area contributed by atoms with Crippen molar-refractivity contribution in [3.05, 3.63) is 35.4 Å². The van der Waals surface area contributed by atoms with Gasteiger partial charge in [0.05, 0.1) is 6.42 Å². The minimum Gasteiger partial charge on any atom is -0.324 e. The Bertz CT molecular complexity index is 389. The van der Waals surface area contributed by atoms with Gasteiger partial charge in [-0.25, -0.2) is 5.84 Å². The number of carbonyl (C=O) groups excluding carboxylic acids is 1. The molecule has 1 aromatic rings. The molecule has 1 amide bonds. The molecule has 7 heteroatoms. The van der Waals surface area contributed by atoms with E-state index in [2.05, 4.69) is 0 Å². The van der Waals surface area contributed by atoms with Crippen LogP contribution >= 0.6 is 0 Å². The second-order valence-corrected chi connectivity index (χ2v) is 3.52. The van der Waals surface area contributed by atoms with Gasteiger partial charge in [-0.05, 0) is 17.7 Å². The number of hydrazine groups is 1. The molecule has 94 valence electrons. The molecule has 1 rings (SSSR count). The summed E-state index contributed by atoms with van der Waals surface area (Å²) in [6, 6.07) is 4.36. The third-order valence-corrected chi connectivity index (χ3v) is 2.18. The van der Waals surface area contributed by atoms with Crippen LogP contribution in [-0.2, 0) is 0 Å². The van der Waals surface area contributed by atoms with Gasteiger partial charge < -0.3 is 5.73 Å². The van der Waals surface area contributed by atoms with Crippen molar-refractivity contribution in [2.45, 2.75) is 18.6 Å². The van der Waals surface area contributed by atoms with Crippen molar-refractivity contribution >= 4 is 5.91 Å². The summed E-state index contributed by atoms with van der Waals surface area (Å²) in [6.07, 6.45) is -5.41. The van der Waals surface area contributed by atoms with Crippen LogP contribution in [0.2, 0.25) is 0 Å². The van der Waals surface area contributed by atoms with Crippen molar-refractivity contribution < 1.29 is 18.0 Å². The molecule has 0 aromatic heterocycles. The fraction of sp³-hybridized carbons (Fsp3) is 0.300. The molecule has 0 aliphatic carbocycles. The first-order valence-corrected chi connectivity index (χ1v) is 4.76. The lowest BCUT2D eigenvalue weighted by Crippen LogP contribution is -2.30. The van der Waals surface area contributed by atoms with Crippen LogP contribution in [0.3, 0.4) is 0 Å². The standard InChI is InChI=1S/C10H12F3N3O/c11-10(12,13)5-8(14)6-1-3-7(4-2-6)9(17)16-15/h1-4,8H,5,14-15H2,(H,16,17). The Morgan fingerprint density at radius 2 is 1.82 bits per heavy atom. The minimum absolute atomic E-state index is 0.260. The Morgan fingerprint density at radius 3 is 2.24 bits per heavy atom. The predicted molar refractivity (Wildman–Crippen MR) is 55.7 cm³/mol. The number of hydrogen-bond acceptors (Lipinski definition) is 3. The smallest absolute Gasteiger partial charge is 0.324 e. The summed E-state index contributed by atoms with van der Waals surface area (Å²) in [5.41, 5.74) is 7.89. The second kappa shape index (κ2) is 5.15. The Kier molecular flexibility index (Phi) is 4.08. The number of carbonyl (C=O) groups is 1. The lowest BCUT2D eigenvalue weighted by Gasteiger charge is -2.14. The van der Waals surface area contributed by atoms with E-state index < -0.39 is 24.5 Å². The quantitative estimate of drug-likeness (QED) is 0.427. The molecule has 1 aromatic carbocycles. The lowest BCUT2D eigenvalue weighted by molar-refractivity contribution is -0.138. The monoisotopic (exact) mass is 247 g/mol. The van der Waals surface area contributed by atoms with Crippen LogP contribution in [0.5, 0.6) is 0 Å². The zero-order chi connectivity index (χ0) is 13.1. The summed E-state index contributed by atoms with van der Waals surface area (Å²) >= 11 is 0. The van der Waals surface area contributed by atoms with Gasteiger partial charge >= 0.3 is 6.18 Å². The molecule has 4 nitrogen and oxygen atoms in total. The number of halogens is 3. The molecule has 5 N–H and O–H groups in total. The molecule has 0 aliphatic rings. The maximum atomic E-state index is 12.1. The van der Waals surface area contributed by atoms with E-state index in [0.29, 0.717) is 5.56 Å². The predicted octanol–water partition coefficient (Wildman–Crippen LogP) is 1.24. The van der Waals surface area contributed by atoms with Gasteiger partial charge in [-0.3, -0.25) is 10.2 Å². The van der Waals surface area contributed by atoms with Crippen molar-refractivity contribution in [3.63, 3.8) is 0 Å². The Labute approximate surface area is 95.7 Å². The van der Waals surface area contributed by atoms with Gasteiger partial charge in [0.2, 0.25) is 0 Å². The highest BCUT2D eigenvalue weighted by Crippen LogP contribution is 2.27. The number of nitrogens with one attached hydrogen (secondary N) is 1. The average molecular weight is 247 g/mol. The molecular formula is C10H12F3N3O. The fourth-order valence-corrected chi connectivity index (χ4v) is 1.33. The largest absolute Gasteiger partial charge is 0.390 e. The number of alkyl halides is 3. The highest BCUT2D eigenvalue weighted by molar-refractivity contribution is 5.93. The summed E-state index contributed by atoms with van der Waals surface area (Å²) in [5.74, 6) is 4.40. The first kappa shape index (κ1) is 13.5. The number of benzene rings is 1. The maximum Gasteiger partial charge on any atom is 0.390 e. The SMILES string of the molecule is NNC(=O)c1ccc(C(N)CC(F)(F)F)cc1. The highest BCUT2D eigenvalue weighted by Gasteiger charge is 2.30. The number of rotatable bonds is 3. The second-order valence-electron chi connectivity index (χ2n) is 3.52. The topological polar surface area (TPSA) is 81.1 Å². The van der Waals surface area contributed by atoms with E-state index in [1.807, 2.05) is 5.43 Å². The first-order chi connectivity index (χ1) is 7.83. The van der Waals surface area contributed by atoms with E-state index in [4.69, 9.17) is 11.6 Å². The first-order valence-electron chi connectivity index (χ1n) is 4.76. The Morgan fingerprint density at radius 1 is 1.29 bits per heavy atom. The van der Waals surface area contributed by atoms with E-state index in [-0.39, 0.29) is 5.56 Å². The number of amides is 1. The summed E-state index contributed by atoms with van der Waals surface area (Å²) in [5, 5.41) is 0. The molecular weight excluding hydrogens is 235 g/mol. The number of nitrogens with two attached hydrogens (primary N) is 2. The van der Waals surface area contributed by atoms with Crippen molar-refractivity contribution in [2.24, 2.45) is 11.6 Å². The van der Waals surface area contributed by atoms with E-state index in [1.54, 1.807) is 0 Å². The normalized spacial score (nSPS) is 13.2. The van der Waals surface area contributed by atoms with Crippen molar-refractivity contribution in [3.8, 4) is 0 Å².